The van der Waals surface area contributed by atoms with Gasteiger partial charge < -0.3 is 10.8 Å². The minimum Gasteiger partial charge on any atom is -0.475 e. The van der Waals surface area contributed by atoms with Gasteiger partial charge in [0.25, 0.3) is 10.2 Å². The molecule has 1 aromatic carbocycles. The van der Waals surface area contributed by atoms with Crippen molar-refractivity contribution in [3.8, 4) is 0 Å². The summed E-state index contributed by atoms with van der Waals surface area (Å²) in [5, 5.41) is 7.12. The van der Waals surface area contributed by atoms with Crippen molar-refractivity contribution < 1.29 is 36.3 Å². The monoisotopic (exact) mass is 477 g/mol. The zero-order chi connectivity index (χ0) is 24.3. The first-order chi connectivity index (χ1) is 14.7. The standard InChI is InChI=1S/C18H25N3O3S.C2HF3O2/c1-20-11-15(12-21(2)25(20,23)24)14-8-9-16(18(19)22)17(10-14)13-6-4-3-5-7-13;3-2(4,5)1(6)7/h6,8-10,15H,3-5,7,11-12H2,1-2H3,(H2,19,22);(H,6,7). The van der Waals surface area contributed by atoms with E-state index in [-0.39, 0.29) is 5.92 Å². The summed E-state index contributed by atoms with van der Waals surface area (Å²) in [6, 6.07) is 5.71. The van der Waals surface area contributed by atoms with Crippen LogP contribution in [0.4, 0.5) is 13.2 Å². The van der Waals surface area contributed by atoms with Crippen molar-refractivity contribution in [1.29, 1.82) is 0 Å². The molecule has 1 heterocycles. The summed E-state index contributed by atoms with van der Waals surface area (Å²) in [5.41, 5.74) is 9.23. The van der Waals surface area contributed by atoms with Gasteiger partial charge >= 0.3 is 12.1 Å². The van der Waals surface area contributed by atoms with Crippen LogP contribution in [0.3, 0.4) is 0 Å². The Bertz CT molecular complexity index is 990. The Kier molecular flexibility index (Phi) is 8.07. The van der Waals surface area contributed by atoms with E-state index in [1.807, 2.05) is 12.1 Å². The normalized spacial score (nSPS) is 20.1. The summed E-state index contributed by atoms with van der Waals surface area (Å²) < 4.78 is 58.7. The molecule has 1 aromatic rings. The fraction of sp³-hybridized carbons (Fsp3) is 0.500. The van der Waals surface area contributed by atoms with Crippen LogP contribution < -0.4 is 5.73 Å². The molecular formula is C20H26F3N3O5S. The highest BCUT2D eigenvalue weighted by Crippen LogP contribution is 2.33. The van der Waals surface area contributed by atoms with Gasteiger partial charge in [-0.2, -0.15) is 30.2 Å². The SMILES string of the molecule is CN1CC(c2ccc(C(N)=O)c(C3=CCCCC3)c2)CN(C)S1(=O)=O.O=C(O)C(F)(F)F. The molecule has 178 valence electrons. The van der Waals surface area contributed by atoms with E-state index in [0.29, 0.717) is 18.7 Å². The molecule has 1 fully saturated rings. The van der Waals surface area contributed by atoms with Crippen LogP contribution in [0.15, 0.2) is 24.3 Å². The van der Waals surface area contributed by atoms with Gasteiger partial charge in [-0.25, -0.2) is 4.79 Å². The van der Waals surface area contributed by atoms with Gasteiger partial charge in [0.2, 0.25) is 5.91 Å². The number of halogens is 3. The summed E-state index contributed by atoms with van der Waals surface area (Å²) >= 11 is 0. The maximum absolute atomic E-state index is 12.1. The molecule has 3 N–H and O–H groups in total. The predicted molar refractivity (Wildman–Crippen MR) is 112 cm³/mol. The molecule has 0 spiro atoms. The third kappa shape index (κ3) is 6.08. The molecule has 8 nitrogen and oxygen atoms in total. The number of amides is 1. The van der Waals surface area contributed by atoms with Crippen molar-refractivity contribution in [2.75, 3.05) is 27.2 Å². The molecule has 0 unspecified atom stereocenters. The molecule has 2 aliphatic rings. The first-order valence-electron chi connectivity index (χ1n) is 9.86. The van der Waals surface area contributed by atoms with E-state index in [9.17, 15) is 26.4 Å². The Morgan fingerprint density at radius 3 is 2.12 bits per heavy atom. The number of nitrogens with two attached hydrogens (primary N) is 1. The van der Waals surface area contributed by atoms with E-state index in [2.05, 4.69) is 6.08 Å². The molecule has 1 saturated heterocycles. The van der Waals surface area contributed by atoms with Crippen molar-refractivity contribution in [2.45, 2.75) is 37.8 Å². The molecule has 1 amide bonds. The van der Waals surface area contributed by atoms with Crippen LogP contribution in [0, 0.1) is 0 Å². The number of carbonyl (C=O) groups excluding carboxylic acids is 1. The number of likely N-dealkylation sites (N-methyl/N-ethyl adjacent to an activating group) is 2. The molecule has 0 bridgehead atoms. The largest absolute Gasteiger partial charge is 0.490 e. The van der Waals surface area contributed by atoms with Crippen LogP contribution in [-0.2, 0) is 15.0 Å². The summed E-state index contributed by atoms with van der Waals surface area (Å²) in [6.07, 6.45) is 1.36. The third-order valence-corrected chi connectivity index (χ3v) is 7.28. The molecule has 1 aliphatic carbocycles. The number of primary amides is 1. The van der Waals surface area contributed by atoms with E-state index in [0.717, 1.165) is 30.4 Å². The lowest BCUT2D eigenvalue weighted by molar-refractivity contribution is -0.192. The highest BCUT2D eigenvalue weighted by Gasteiger charge is 2.38. The first-order valence-corrected chi connectivity index (χ1v) is 11.3. The smallest absolute Gasteiger partial charge is 0.475 e. The Hall–Kier alpha value is -2.44. The molecule has 0 aromatic heterocycles. The lowest BCUT2D eigenvalue weighted by Crippen LogP contribution is -2.49. The molecular weight excluding hydrogens is 451 g/mol. The molecule has 3 rings (SSSR count). The second-order valence-corrected chi connectivity index (χ2v) is 9.86. The van der Waals surface area contributed by atoms with E-state index in [1.165, 1.54) is 20.6 Å². The number of hydrogen-bond donors (Lipinski definition) is 2. The fourth-order valence-corrected chi connectivity index (χ4v) is 4.91. The molecule has 1 aliphatic heterocycles. The average molecular weight is 478 g/mol. The summed E-state index contributed by atoms with van der Waals surface area (Å²) in [4.78, 5) is 20.7. The quantitative estimate of drug-likeness (QED) is 0.693. The number of allylic oxidation sites excluding steroid dienone is 2. The number of alkyl halides is 3. The van der Waals surface area contributed by atoms with E-state index < -0.39 is 28.3 Å². The van der Waals surface area contributed by atoms with Gasteiger partial charge in [0.05, 0.1) is 0 Å². The van der Waals surface area contributed by atoms with Gasteiger partial charge in [0, 0.05) is 38.7 Å². The fourth-order valence-electron chi connectivity index (χ4n) is 3.69. The number of aliphatic carboxylic acids is 1. The number of carboxylic acid groups (broad SMARTS) is 1. The number of rotatable bonds is 3. The summed E-state index contributed by atoms with van der Waals surface area (Å²) in [5.74, 6) is -3.12. The zero-order valence-corrected chi connectivity index (χ0v) is 18.5. The predicted octanol–water partition coefficient (Wildman–Crippen LogP) is 2.58. The van der Waals surface area contributed by atoms with Gasteiger partial charge in [0.15, 0.2) is 0 Å². The van der Waals surface area contributed by atoms with Crippen LogP contribution in [0.2, 0.25) is 0 Å². The minimum absolute atomic E-state index is 0.0587. The maximum atomic E-state index is 12.1. The lowest BCUT2D eigenvalue weighted by atomic mass is 9.87. The second-order valence-electron chi connectivity index (χ2n) is 7.71. The third-order valence-electron chi connectivity index (χ3n) is 5.40. The molecule has 0 radical (unpaired) electrons. The van der Waals surface area contributed by atoms with Crippen LogP contribution >= 0.6 is 0 Å². The molecule has 12 heteroatoms. The van der Waals surface area contributed by atoms with Crippen LogP contribution in [-0.4, -0.2) is 67.4 Å². The minimum atomic E-state index is -5.08. The molecule has 32 heavy (non-hydrogen) atoms. The number of carboxylic acids is 1. The molecule has 0 atom stereocenters. The van der Waals surface area contributed by atoms with Gasteiger partial charge in [-0.3, -0.25) is 4.79 Å². The Labute approximate surface area is 184 Å². The maximum Gasteiger partial charge on any atom is 0.490 e. The summed E-state index contributed by atoms with van der Waals surface area (Å²) in [7, 11) is -0.157. The number of nitrogens with zero attached hydrogens (tertiary/aromatic N) is 2. The highest BCUT2D eigenvalue weighted by molar-refractivity contribution is 7.86. The summed E-state index contributed by atoms with van der Waals surface area (Å²) in [6.45, 7) is 0.863. The zero-order valence-electron chi connectivity index (χ0n) is 17.7. The second kappa shape index (κ2) is 10.0. The van der Waals surface area contributed by atoms with Crippen LogP contribution in [0.5, 0.6) is 0 Å². The van der Waals surface area contributed by atoms with Crippen molar-refractivity contribution in [3.63, 3.8) is 0 Å². The van der Waals surface area contributed by atoms with Gasteiger partial charge in [0.1, 0.15) is 0 Å². The van der Waals surface area contributed by atoms with Crippen molar-refractivity contribution in [2.24, 2.45) is 5.73 Å². The lowest BCUT2D eigenvalue weighted by Gasteiger charge is -2.35. The van der Waals surface area contributed by atoms with Gasteiger partial charge in [-0.15, -0.1) is 0 Å². The molecule has 0 saturated carbocycles. The van der Waals surface area contributed by atoms with E-state index in [1.54, 1.807) is 20.2 Å². The topological polar surface area (TPSA) is 121 Å². The average Bonchev–Trinajstić information content (AvgIpc) is 2.72. The first kappa shape index (κ1) is 25.8. The van der Waals surface area contributed by atoms with Gasteiger partial charge in [-0.1, -0.05) is 18.2 Å². The Morgan fingerprint density at radius 1 is 1.12 bits per heavy atom. The van der Waals surface area contributed by atoms with Gasteiger partial charge in [-0.05, 0) is 48.4 Å². The Balaban J connectivity index is 0.000000451. The van der Waals surface area contributed by atoms with Crippen LogP contribution in [0.25, 0.3) is 5.57 Å². The number of hydrogen-bond acceptors (Lipinski definition) is 4. The Morgan fingerprint density at radius 2 is 1.69 bits per heavy atom. The van der Waals surface area contributed by atoms with Crippen molar-refractivity contribution in [3.05, 3.63) is 41.0 Å². The van der Waals surface area contributed by atoms with E-state index in [4.69, 9.17) is 15.6 Å². The van der Waals surface area contributed by atoms with Crippen molar-refractivity contribution in [1.82, 2.24) is 8.61 Å². The number of carbonyl (C=O) groups is 2. The van der Waals surface area contributed by atoms with Crippen LogP contribution in [0.1, 0.15) is 53.1 Å². The highest BCUT2D eigenvalue weighted by atomic mass is 32.2. The number of benzene rings is 1. The van der Waals surface area contributed by atoms with E-state index >= 15 is 0 Å². The van der Waals surface area contributed by atoms with Crippen molar-refractivity contribution >= 4 is 27.7 Å².